The Balaban J connectivity index is 1.71. The Morgan fingerprint density at radius 1 is 1.10 bits per heavy atom. The van der Waals surface area contributed by atoms with Crippen molar-refractivity contribution in [1.82, 2.24) is 9.62 Å². The summed E-state index contributed by atoms with van der Waals surface area (Å²) in [6.45, 7) is -0.890. The van der Waals surface area contributed by atoms with Crippen LogP contribution in [0.25, 0.3) is 0 Å². The van der Waals surface area contributed by atoms with Gasteiger partial charge in [-0.15, -0.1) is 0 Å². The average molecular weight is 448 g/mol. The molecule has 0 heterocycles. The van der Waals surface area contributed by atoms with E-state index in [1.165, 1.54) is 11.0 Å². The van der Waals surface area contributed by atoms with E-state index in [2.05, 4.69) is 0 Å². The number of alkyl halides is 3. The topological polar surface area (TPSA) is 66.5 Å². The van der Waals surface area contributed by atoms with E-state index in [-0.39, 0.29) is 18.2 Å². The van der Waals surface area contributed by atoms with Crippen molar-refractivity contribution in [2.45, 2.75) is 36.5 Å². The SMILES string of the molecule is O=C(CNS(=O)(=O)c1cccc(C(F)(F)F)c1)N(Cc1ccc(F)cc1F)C1CC1. The molecule has 3 rings (SSSR count). The van der Waals surface area contributed by atoms with Gasteiger partial charge >= 0.3 is 6.18 Å². The molecule has 0 saturated heterocycles. The summed E-state index contributed by atoms with van der Waals surface area (Å²) < 4.78 is 92.0. The molecule has 1 amide bonds. The minimum Gasteiger partial charge on any atom is -0.334 e. The molecule has 0 aromatic heterocycles. The molecule has 0 spiro atoms. The van der Waals surface area contributed by atoms with Crippen LogP contribution in [0.15, 0.2) is 47.4 Å². The van der Waals surface area contributed by atoms with E-state index in [0.717, 1.165) is 24.3 Å². The first-order valence-corrected chi connectivity index (χ1v) is 10.4. The fourth-order valence-corrected chi connectivity index (χ4v) is 3.84. The molecular weight excluding hydrogens is 431 g/mol. The summed E-state index contributed by atoms with van der Waals surface area (Å²) >= 11 is 0. The highest BCUT2D eigenvalue weighted by molar-refractivity contribution is 7.89. The highest BCUT2D eigenvalue weighted by Gasteiger charge is 2.34. The molecule has 30 heavy (non-hydrogen) atoms. The molecule has 0 unspecified atom stereocenters. The summed E-state index contributed by atoms with van der Waals surface area (Å²) in [5.41, 5.74) is -1.07. The van der Waals surface area contributed by atoms with Crippen LogP contribution in [0.5, 0.6) is 0 Å². The second kappa shape index (κ2) is 8.31. The number of hydrogen-bond acceptors (Lipinski definition) is 3. The Kier molecular flexibility index (Phi) is 6.14. The molecule has 11 heteroatoms. The molecule has 1 saturated carbocycles. The standard InChI is InChI=1S/C19H17F5N2O3S/c20-14-5-4-12(17(21)9-14)11-26(15-6-7-15)18(27)10-25-30(28,29)16-3-1-2-13(8-16)19(22,23)24/h1-5,8-9,15,25H,6-7,10-11H2. The third kappa shape index (κ3) is 5.33. The maximum absolute atomic E-state index is 13.9. The number of hydrogen-bond donors (Lipinski definition) is 1. The maximum Gasteiger partial charge on any atom is 0.416 e. The summed E-state index contributed by atoms with van der Waals surface area (Å²) in [4.78, 5) is 13.2. The van der Waals surface area contributed by atoms with Gasteiger partial charge in [-0.1, -0.05) is 12.1 Å². The molecular formula is C19H17F5N2O3S. The first kappa shape index (κ1) is 22.2. The molecule has 0 bridgehead atoms. The van der Waals surface area contributed by atoms with Crippen molar-refractivity contribution < 1.29 is 35.2 Å². The van der Waals surface area contributed by atoms with Crippen LogP contribution in [0, 0.1) is 11.6 Å². The minimum atomic E-state index is -4.72. The average Bonchev–Trinajstić information content (AvgIpc) is 3.50. The third-order valence-electron chi connectivity index (χ3n) is 4.55. The number of benzene rings is 2. The number of amides is 1. The second-order valence-corrected chi connectivity index (χ2v) is 8.61. The van der Waals surface area contributed by atoms with Gasteiger partial charge in [0.05, 0.1) is 17.0 Å². The zero-order valence-electron chi connectivity index (χ0n) is 15.4. The van der Waals surface area contributed by atoms with Gasteiger partial charge in [0.2, 0.25) is 15.9 Å². The first-order chi connectivity index (χ1) is 14.0. The van der Waals surface area contributed by atoms with E-state index >= 15 is 0 Å². The maximum atomic E-state index is 13.9. The fraction of sp³-hybridized carbons (Fsp3) is 0.316. The first-order valence-electron chi connectivity index (χ1n) is 8.88. The number of halogens is 5. The summed E-state index contributed by atoms with van der Waals surface area (Å²) in [5.74, 6) is -2.27. The van der Waals surface area contributed by atoms with Crippen LogP contribution in [0.2, 0.25) is 0 Å². The van der Waals surface area contributed by atoms with Crippen molar-refractivity contribution in [3.63, 3.8) is 0 Å². The minimum absolute atomic E-state index is 0.0670. The molecule has 0 atom stereocenters. The number of nitrogens with one attached hydrogen (secondary N) is 1. The van der Waals surface area contributed by atoms with Crippen LogP contribution in [-0.2, 0) is 27.5 Å². The smallest absolute Gasteiger partial charge is 0.334 e. The number of nitrogens with zero attached hydrogens (tertiary/aromatic N) is 1. The Labute approximate surface area is 169 Å². The normalized spacial score (nSPS) is 14.6. The van der Waals surface area contributed by atoms with E-state index in [1.807, 2.05) is 4.72 Å². The molecule has 2 aromatic rings. The fourth-order valence-electron chi connectivity index (χ4n) is 2.82. The van der Waals surface area contributed by atoms with E-state index < -0.39 is 50.7 Å². The van der Waals surface area contributed by atoms with Crippen molar-refractivity contribution in [3.8, 4) is 0 Å². The van der Waals surface area contributed by atoms with Crippen LogP contribution >= 0.6 is 0 Å². The van der Waals surface area contributed by atoms with Gasteiger partial charge in [0.1, 0.15) is 11.6 Å². The molecule has 1 aliphatic carbocycles. The Hall–Kier alpha value is -2.53. The number of carbonyl (C=O) groups is 1. The lowest BCUT2D eigenvalue weighted by Crippen LogP contribution is -2.41. The summed E-state index contributed by atoms with van der Waals surface area (Å²) in [6.07, 6.45) is -3.42. The summed E-state index contributed by atoms with van der Waals surface area (Å²) in [6, 6.07) is 5.85. The van der Waals surface area contributed by atoms with Crippen molar-refractivity contribution in [2.75, 3.05) is 6.54 Å². The van der Waals surface area contributed by atoms with Crippen molar-refractivity contribution >= 4 is 15.9 Å². The largest absolute Gasteiger partial charge is 0.416 e. The zero-order valence-corrected chi connectivity index (χ0v) is 16.2. The Bertz CT molecular complexity index is 1050. The third-order valence-corrected chi connectivity index (χ3v) is 5.95. The Morgan fingerprint density at radius 2 is 1.80 bits per heavy atom. The lowest BCUT2D eigenvalue weighted by Gasteiger charge is -2.23. The molecule has 1 aliphatic rings. The van der Waals surface area contributed by atoms with Gasteiger partial charge in [0, 0.05) is 24.2 Å². The molecule has 0 radical (unpaired) electrons. The van der Waals surface area contributed by atoms with Gasteiger partial charge in [-0.25, -0.2) is 21.9 Å². The van der Waals surface area contributed by atoms with E-state index in [9.17, 15) is 35.2 Å². The zero-order chi connectivity index (χ0) is 22.1. The highest BCUT2D eigenvalue weighted by atomic mass is 32.2. The predicted molar refractivity (Wildman–Crippen MR) is 96.6 cm³/mol. The van der Waals surface area contributed by atoms with Crippen molar-refractivity contribution in [2.24, 2.45) is 0 Å². The van der Waals surface area contributed by atoms with Crippen LogP contribution in [0.3, 0.4) is 0 Å². The van der Waals surface area contributed by atoms with Crippen LogP contribution in [0.1, 0.15) is 24.0 Å². The lowest BCUT2D eigenvalue weighted by atomic mass is 10.2. The summed E-state index contributed by atoms with van der Waals surface area (Å²) in [5, 5.41) is 0. The van der Waals surface area contributed by atoms with Gasteiger partial charge < -0.3 is 4.90 Å². The van der Waals surface area contributed by atoms with E-state index in [4.69, 9.17) is 0 Å². The molecule has 5 nitrogen and oxygen atoms in total. The van der Waals surface area contributed by atoms with E-state index in [1.54, 1.807) is 0 Å². The monoisotopic (exact) mass is 448 g/mol. The quantitative estimate of drug-likeness (QED) is 0.660. The second-order valence-electron chi connectivity index (χ2n) is 6.84. The van der Waals surface area contributed by atoms with Gasteiger partial charge in [-0.3, -0.25) is 4.79 Å². The van der Waals surface area contributed by atoms with Gasteiger partial charge in [-0.2, -0.15) is 13.2 Å². The Morgan fingerprint density at radius 3 is 2.40 bits per heavy atom. The molecule has 0 aliphatic heterocycles. The number of sulfonamides is 1. The van der Waals surface area contributed by atoms with Gasteiger partial charge in [0.15, 0.2) is 0 Å². The van der Waals surface area contributed by atoms with Crippen LogP contribution in [-0.4, -0.2) is 31.8 Å². The highest BCUT2D eigenvalue weighted by Crippen LogP contribution is 2.31. The number of rotatable bonds is 7. The van der Waals surface area contributed by atoms with E-state index in [0.29, 0.717) is 25.0 Å². The van der Waals surface area contributed by atoms with Gasteiger partial charge in [0.25, 0.3) is 0 Å². The van der Waals surface area contributed by atoms with Crippen molar-refractivity contribution in [1.29, 1.82) is 0 Å². The molecule has 2 aromatic carbocycles. The van der Waals surface area contributed by atoms with Gasteiger partial charge in [-0.05, 0) is 37.1 Å². The molecule has 1 N–H and O–H groups in total. The molecule has 162 valence electrons. The number of carbonyl (C=O) groups excluding carboxylic acids is 1. The lowest BCUT2D eigenvalue weighted by molar-refractivity contribution is -0.137. The molecule has 1 fully saturated rings. The van der Waals surface area contributed by atoms with Crippen molar-refractivity contribution in [3.05, 3.63) is 65.2 Å². The van der Waals surface area contributed by atoms with Crippen LogP contribution < -0.4 is 4.72 Å². The van der Waals surface area contributed by atoms with Crippen LogP contribution in [0.4, 0.5) is 22.0 Å². The predicted octanol–water partition coefficient (Wildman–Crippen LogP) is 3.45. The summed E-state index contributed by atoms with van der Waals surface area (Å²) in [7, 11) is -4.38.